The summed E-state index contributed by atoms with van der Waals surface area (Å²) >= 11 is 0. The minimum absolute atomic E-state index is 0.00926. The molecule has 0 amide bonds. The Morgan fingerprint density at radius 3 is 2.60 bits per heavy atom. The highest BCUT2D eigenvalue weighted by Crippen LogP contribution is 2.39. The van der Waals surface area contributed by atoms with Gasteiger partial charge in [0.1, 0.15) is 5.65 Å². The molecule has 0 radical (unpaired) electrons. The molecule has 10 nitrogen and oxygen atoms in total. The van der Waals surface area contributed by atoms with Crippen LogP contribution in [-0.4, -0.2) is 55.5 Å². The van der Waals surface area contributed by atoms with Gasteiger partial charge in [0.25, 0.3) is 5.56 Å². The molecular weight excluding hydrogens is 530 g/mol. The third kappa shape index (κ3) is 5.54. The number of anilines is 2. The van der Waals surface area contributed by atoms with Crippen molar-refractivity contribution in [2.75, 3.05) is 37.9 Å². The zero-order valence-corrected chi connectivity index (χ0v) is 23.2. The van der Waals surface area contributed by atoms with E-state index in [0.29, 0.717) is 28.6 Å². The standard InChI is InChI=1S/C29H33N5O5S/c1-38-14-15-40(36,37)28-22(10-13-39-28)18-34-26-23(16-25(27(34)35)21-2-3-21)17-31-29(33-26)32-24-6-4-19(5-7-24)20-8-11-30-12-9-20/h4-7,10,13,16-17,20-21,30H,2-3,8-9,11-12,14-15,18H2,1H3,(H,31,32,33). The van der Waals surface area contributed by atoms with E-state index in [1.165, 1.54) is 23.5 Å². The number of nitrogens with one attached hydrogen (secondary N) is 2. The summed E-state index contributed by atoms with van der Waals surface area (Å²) in [6.07, 6.45) is 7.22. The van der Waals surface area contributed by atoms with Gasteiger partial charge in [-0.05, 0) is 80.4 Å². The third-order valence-electron chi connectivity index (χ3n) is 7.72. The van der Waals surface area contributed by atoms with Crippen LogP contribution < -0.4 is 16.2 Å². The van der Waals surface area contributed by atoms with E-state index in [2.05, 4.69) is 27.8 Å². The van der Waals surface area contributed by atoms with Crippen molar-refractivity contribution in [3.63, 3.8) is 0 Å². The molecule has 0 bridgehead atoms. The van der Waals surface area contributed by atoms with Gasteiger partial charge in [0, 0.05) is 35.5 Å². The van der Waals surface area contributed by atoms with Gasteiger partial charge < -0.3 is 19.8 Å². The Morgan fingerprint density at radius 1 is 1.10 bits per heavy atom. The molecule has 2 N–H and O–H groups in total. The summed E-state index contributed by atoms with van der Waals surface area (Å²) in [7, 11) is -2.28. The maximum absolute atomic E-state index is 13.7. The second kappa shape index (κ2) is 11.1. The lowest BCUT2D eigenvalue weighted by Gasteiger charge is -2.23. The number of nitrogens with zero attached hydrogens (tertiary/aromatic N) is 3. The fourth-order valence-electron chi connectivity index (χ4n) is 5.37. The van der Waals surface area contributed by atoms with Crippen LogP contribution in [0.2, 0.25) is 0 Å². The highest BCUT2D eigenvalue weighted by atomic mass is 32.2. The van der Waals surface area contributed by atoms with Crippen LogP contribution in [0.25, 0.3) is 11.0 Å². The number of pyridine rings is 1. The van der Waals surface area contributed by atoms with Crippen molar-refractivity contribution in [1.82, 2.24) is 19.9 Å². The second-order valence-corrected chi connectivity index (χ2v) is 12.6. The number of ether oxygens (including phenoxy) is 1. The molecule has 1 aliphatic carbocycles. The first kappa shape index (κ1) is 26.7. The lowest BCUT2D eigenvalue weighted by molar-refractivity contribution is 0.216. The molecule has 2 fully saturated rings. The van der Waals surface area contributed by atoms with E-state index in [1.807, 2.05) is 18.2 Å². The fourth-order valence-corrected chi connectivity index (χ4v) is 6.67. The first-order valence-electron chi connectivity index (χ1n) is 13.7. The quantitative estimate of drug-likeness (QED) is 0.295. The first-order chi connectivity index (χ1) is 19.4. The number of hydrogen-bond donors (Lipinski definition) is 2. The summed E-state index contributed by atoms with van der Waals surface area (Å²) < 4.78 is 37.6. The third-order valence-corrected chi connectivity index (χ3v) is 9.35. The number of hydrogen-bond acceptors (Lipinski definition) is 9. The first-order valence-corrected chi connectivity index (χ1v) is 15.3. The number of fused-ring (bicyclic) bond motifs is 1. The minimum Gasteiger partial charge on any atom is -0.453 e. The summed E-state index contributed by atoms with van der Waals surface area (Å²) in [6.45, 7) is 2.14. The van der Waals surface area contributed by atoms with Gasteiger partial charge in [0.15, 0.2) is 0 Å². The number of sulfone groups is 1. The topological polar surface area (TPSA) is 128 Å². The van der Waals surface area contributed by atoms with Gasteiger partial charge in [-0.15, -0.1) is 0 Å². The molecule has 1 saturated carbocycles. The van der Waals surface area contributed by atoms with E-state index in [1.54, 1.807) is 12.3 Å². The average molecular weight is 564 g/mol. The van der Waals surface area contributed by atoms with Crippen molar-refractivity contribution in [3.8, 4) is 0 Å². The molecule has 1 aromatic carbocycles. The van der Waals surface area contributed by atoms with Crippen LogP contribution >= 0.6 is 0 Å². The van der Waals surface area contributed by atoms with Crippen molar-refractivity contribution in [2.45, 2.75) is 49.2 Å². The van der Waals surface area contributed by atoms with Crippen LogP contribution in [0.1, 0.15) is 54.2 Å². The number of methoxy groups -OCH3 is 1. The van der Waals surface area contributed by atoms with Gasteiger partial charge in [-0.1, -0.05) is 12.1 Å². The van der Waals surface area contributed by atoms with Crippen LogP contribution in [0.15, 0.2) is 63.2 Å². The molecule has 40 heavy (non-hydrogen) atoms. The molecule has 0 atom stereocenters. The van der Waals surface area contributed by atoms with Gasteiger partial charge in [0.05, 0.1) is 25.2 Å². The Kier molecular flexibility index (Phi) is 7.43. The Hall–Kier alpha value is -3.54. The number of aromatic nitrogens is 3. The van der Waals surface area contributed by atoms with Crippen LogP contribution in [0.5, 0.6) is 0 Å². The minimum atomic E-state index is -3.73. The molecule has 6 rings (SSSR count). The van der Waals surface area contributed by atoms with E-state index < -0.39 is 9.84 Å². The molecule has 0 spiro atoms. The van der Waals surface area contributed by atoms with Crippen LogP contribution in [-0.2, 0) is 21.1 Å². The zero-order chi connectivity index (χ0) is 27.7. The summed E-state index contributed by atoms with van der Waals surface area (Å²) in [6, 6.07) is 11.8. The number of rotatable bonds is 10. The van der Waals surface area contributed by atoms with E-state index in [0.717, 1.165) is 49.8 Å². The number of furan rings is 1. The molecule has 11 heteroatoms. The molecule has 210 valence electrons. The fraction of sp³-hybridized carbons (Fsp3) is 0.414. The number of benzene rings is 1. The number of piperidine rings is 1. The zero-order valence-electron chi connectivity index (χ0n) is 22.4. The smallest absolute Gasteiger partial charge is 0.256 e. The van der Waals surface area contributed by atoms with Gasteiger partial charge in [0.2, 0.25) is 20.9 Å². The predicted octanol–water partition coefficient (Wildman–Crippen LogP) is 3.94. The lowest BCUT2D eigenvalue weighted by Crippen LogP contribution is -2.26. The molecular formula is C29H33N5O5S. The molecule has 1 saturated heterocycles. The maximum atomic E-state index is 13.7. The monoisotopic (exact) mass is 563 g/mol. The molecule has 0 unspecified atom stereocenters. The Bertz CT molecular complexity index is 1670. The molecule has 4 aromatic rings. The summed E-state index contributed by atoms with van der Waals surface area (Å²) in [4.78, 5) is 22.9. The Morgan fingerprint density at radius 2 is 1.88 bits per heavy atom. The van der Waals surface area contributed by atoms with Crippen LogP contribution in [0.3, 0.4) is 0 Å². The van der Waals surface area contributed by atoms with Crippen molar-refractivity contribution in [1.29, 1.82) is 0 Å². The van der Waals surface area contributed by atoms with Crippen molar-refractivity contribution >= 4 is 32.5 Å². The lowest BCUT2D eigenvalue weighted by atomic mass is 9.90. The van der Waals surface area contributed by atoms with Crippen molar-refractivity contribution < 1.29 is 17.6 Å². The van der Waals surface area contributed by atoms with Crippen molar-refractivity contribution in [2.24, 2.45) is 0 Å². The van der Waals surface area contributed by atoms with E-state index >= 15 is 0 Å². The van der Waals surface area contributed by atoms with Crippen LogP contribution in [0.4, 0.5) is 11.6 Å². The maximum Gasteiger partial charge on any atom is 0.256 e. The average Bonchev–Trinajstić information content (AvgIpc) is 3.70. The normalized spacial score (nSPS) is 16.4. The highest BCUT2D eigenvalue weighted by Gasteiger charge is 2.29. The summed E-state index contributed by atoms with van der Waals surface area (Å²) in [5.41, 5.74) is 3.53. The van der Waals surface area contributed by atoms with E-state index in [9.17, 15) is 13.2 Å². The molecule has 3 aromatic heterocycles. The van der Waals surface area contributed by atoms with Gasteiger partial charge in [-0.2, -0.15) is 4.98 Å². The molecule has 2 aliphatic rings. The van der Waals surface area contributed by atoms with Crippen molar-refractivity contribution in [3.05, 3.63) is 75.9 Å². The van der Waals surface area contributed by atoms with Gasteiger partial charge >= 0.3 is 0 Å². The van der Waals surface area contributed by atoms with Crippen LogP contribution in [0, 0.1) is 0 Å². The molecule has 1 aliphatic heterocycles. The highest BCUT2D eigenvalue weighted by molar-refractivity contribution is 7.91. The Labute approximate surface area is 232 Å². The second-order valence-electron chi connectivity index (χ2n) is 10.6. The largest absolute Gasteiger partial charge is 0.453 e. The SMILES string of the molecule is COCCS(=O)(=O)c1occc1Cn1c(=O)c(C2CC2)cc2cnc(Nc3ccc(C4CCNCC4)cc3)nc21. The summed E-state index contributed by atoms with van der Waals surface area (Å²) in [5.74, 6) is 0.908. The Balaban J connectivity index is 1.33. The molecule has 4 heterocycles. The summed E-state index contributed by atoms with van der Waals surface area (Å²) in [5, 5.41) is 7.24. The predicted molar refractivity (Wildman–Crippen MR) is 152 cm³/mol. The van der Waals surface area contributed by atoms with E-state index in [-0.39, 0.29) is 35.5 Å². The van der Waals surface area contributed by atoms with E-state index in [4.69, 9.17) is 14.1 Å². The van der Waals surface area contributed by atoms with Gasteiger partial charge in [-0.25, -0.2) is 13.4 Å². The van der Waals surface area contributed by atoms with Gasteiger partial charge in [-0.3, -0.25) is 9.36 Å².